The highest BCUT2D eigenvalue weighted by Crippen LogP contribution is 2.13. The van der Waals surface area contributed by atoms with E-state index >= 15 is 0 Å². The van der Waals surface area contributed by atoms with Crippen LogP contribution in [-0.4, -0.2) is 11.7 Å². The van der Waals surface area contributed by atoms with Gasteiger partial charge in [0.2, 0.25) is 0 Å². The molecule has 0 bridgehead atoms. The number of hydrogen-bond acceptors (Lipinski definition) is 1. The van der Waals surface area contributed by atoms with Gasteiger partial charge < -0.3 is 5.11 Å². The van der Waals surface area contributed by atoms with E-state index in [2.05, 4.69) is 13.3 Å². The Labute approximate surface area is 128 Å². The molecule has 0 aliphatic heterocycles. The summed E-state index contributed by atoms with van der Waals surface area (Å²) in [7, 11) is 0. The van der Waals surface area contributed by atoms with Crippen LogP contribution in [0, 0.1) is 6.42 Å². The quantitative estimate of drug-likeness (QED) is 0.304. The van der Waals surface area contributed by atoms with Gasteiger partial charge in [0.1, 0.15) is 0 Å². The van der Waals surface area contributed by atoms with Crippen molar-refractivity contribution in [2.24, 2.45) is 0 Å². The van der Waals surface area contributed by atoms with Crippen molar-refractivity contribution in [3.8, 4) is 0 Å². The van der Waals surface area contributed by atoms with Crippen LogP contribution in [0.15, 0.2) is 0 Å². The van der Waals surface area contributed by atoms with Crippen LogP contribution in [0.4, 0.5) is 0 Å². The maximum atomic E-state index is 8.66. The molecule has 0 heterocycles. The van der Waals surface area contributed by atoms with Crippen molar-refractivity contribution in [1.29, 1.82) is 0 Å². The predicted octanol–water partition coefficient (Wildman–Crippen LogP) is 6.44. The van der Waals surface area contributed by atoms with Gasteiger partial charge in [0.15, 0.2) is 0 Å². The molecule has 1 radical (unpaired) electrons. The molecule has 0 rings (SSSR count). The Balaban J connectivity index is 2.89. The Morgan fingerprint density at radius 1 is 0.550 bits per heavy atom. The SMILES string of the molecule is CCCCCCCCCCCCCCC[CH]CCCO. The van der Waals surface area contributed by atoms with Gasteiger partial charge in [-0.15, -0.1) is 0 Å². The highest BCUT2D eigenvalue weighted by atomic mass is 16.2. The molecule has 1 heteroatoms. The lowest BCUT2D eigenvalue weighted by molar-refractivity contribution is 0.287. The molecule has 0 spiro atoms. The number of unbranched alkanes of at least 4 members (excludes halogenated alkanes) is 16. The Morgan fingerprint density at radius 3 is 1.40 bits per heavy atom. The fourth-order valence-electron chi connectivity index (χ4n) is 2.69. The predicted molar refractivity (Wildman–Crippen MR) is 90.9 cm³/mol. The third-order valence-corrected chi connectivity index (χ3v) is 4.08. The standard InChI is InChI=1S/C19H39O/c1-2-3-4-5-6-7-8-9-10-11-12-13-14-15-16-17-18-19-20/h16,20H,2-15,17-19H2,1H3. The van der Waals surface area contributed by atoms with Crippen LogP contribution in [0.25, 0.3) is 0 Å². The van der Waals surface area contributed by atoms with Crippen LogP contribution >= 0.6 is 0 Å². The van der Waals surface area contributed by atoms with Crippen molar-refractivity contribution in [3.63, 3.8) is 0 Å². The van der Waals surface area contributed by atoms with E-state index in [1.807, 2.05) is 0 Å². The van der Waals surface area contributed by atoms with Crippen molar-refractivity contribution in [2.75, 3.05) is 6.61 Å². The monoisotopic (exact) mass is 283 g/mol. The molecule has 0 saturated heterocycles. The van der Waals surface area contributed by atoms with E-state index in [1.165, 1.54) is 89.9 Å². The van der Waals surface area contributed by atoms with Gasteiger partial charge in [0.25, 0.3) is 0 Å². The summed E-state index contributed by atoms with van der Waals surface area (Å²) in [6.45, 7) is 2.63. The molecule has 0 fully saturated rings. The summed E-state index contributed by atoms with van der Waals surface area (Å²) >= 11 is 0. The molecule has 0 aliphatic rings. The van der Waals surface area contributed by atoms with E-state index in [0.717, 1.165) is 12.8 Å². The number of aliphatic hydroxyl groups excluding tert-OH is 1. The van der Waals surface area contributed by atoms with Crippen molar-refractivity contribution in [1.82, 2.24) is 0 Å². The van der Waals surface area contributed by atoms with Crippen LogP contribution in [0.3, 0.4) is 0 Å². The summed E-state index contributed by atoms with van der Waals surface area (Å²) in [5.74, 6) is 0. The fourth-order valence-corrected chi connectivity index (χ4v) is 2.69. The largest absolute Gasteiger partial charge is 0.396 e. The third-order valence-electron chi connectivity index (χ3n) is 4.08. The van der Waals surface area contributed by atoms with Crippen molar-refractivity contribution < 1.29 is 5.11 Å². The first-order valence-corrected chi connectivity index (χ1v) is 9.34. The molecule has 121 valence electrons. The van der Waals surface area contributed by atoms with Crippen LogP contribution in [0.5, 0.6) is 0 Å². The molecule has 0 atom stereocenters. The van der Waals surface area contributed by atoms with Crippen molar-refractivity contribution in [2.45, 2.75) is 110 Å². The molecule has 0 aliphatic carbocycles. The van der Waals surface area contributed by atoms with Gasteiger partial charge >= 0.3 is 0 Å². The average molecular weight is 284 g/mol. The third kappa shape index (κ3) is 18.0. The minimum atomic E-state index is 0.342. The smallest absolute Gasteiger partial charge is 0.0431 e. The van der Waals surface area contributed by atoms with E-state index in [0.29, 0.717) is 6.61 Å². The molecular weight excluding hydrogens is 244 g/mol. The minimum absolute atomic E-state index is 0.342. The molecule has 0 amide bonds. The zero-order valence-electron chi connectivity index (χ0n) is 14.0. The molecule has 1 nitrogen and oxygen atoms in total. The zero-order valence-corrected chi connectivity index (χ0v) is 14.0. The van der Waals surface area contributed by atoms with Crippen LogP contribution in [0.1, 0.15) is 110 Å². The van der Waals surface area contributed by atoms with Crippen LogP contribution in [0.2, 0.25) is 0 Å². The van der Waals surface area contributed by atoms with Gasteiger partial charge in [-0.1, -0.05) is 96.8 Å². The molecule has 20 heavy (non-hydrogen) atoms. The summed E-state index contributed by atoms with van der Waals surface area (Å²) in [4.78, 5) is 0. The highest BCUT2D eigenvalue weighted by molar-refractivity contribution is 4.64. The summed E-state index contributed by atoms with van der Waals surface area (Å²) in [6.07, 6.45) is 24.2. The second kappa shape index (κ2) is 19.0. The minimum Gasteiger partial charge on any atom is -0.396 e. The topological polar surface area (TPSA) is 20.2 Å². The van der Waals surface area contributed by atoms with E-state index in [-0.39, 0.29) is 0 Å². The number of rotatable bonds is 17. The summed E-state index contributed by atoms with van der Waals surface area (Å²) in [5, 5.41) is 8.66. The Bertz CT molecular complexity index is 138. The molecule has 0 aromatic heterocycles. The van der Waals surface area contributed by atoms with E-state index < -0.39 is 0 Å². The first-order valence-electron chi connectivity index (χ1n) is 9.34. The maximum absolute atomic E-state index is 8.66. The second-order valence-corrected chi connectivity index (χ2v) is 6.19. The van der Waals surface area contributed by atoms with E-state index in [4.69, 9.17) is 5.11 Å². The zero-order chi connectivity index (χ0) is 14.7. The summed E-state index contributed by atoms with van der Waals surface area (Å²) in [5.41, 5.74) is 0. The first-order chi connectivity index (χ1) is 9.91. The van der Waals surface area contributed by atoms with Gasteiger partial charge in [-0.05, 0) is 19.3 Å². The lowest BCUT2D eigenvalue weighted by Crippen LogP contribution is -1.85. The second-order valence-electron chi connectivity index (χ2n) is 6.19. The number of aliphatic hydroxyl groups is 1. The summed E-state index contributed by atoms with van der Waals surface area (Å²) in [6, 6.07) is 0. The van der Waals surface area contributed by atoms with Crippen LogP contribution < -0.4 is 0 Å². The maximum Gasteiger partial charge on any atom is 0.0431 e. The Kier molecular flexibility index (Phi) is 18.9. The fraction of sp³-hybridized carbons (Fsp3) is 0.947. The summed E-state index contributed by atoms with van der Waals surface area (Å²) < 4.78 is 0. The van der Waals surface area contributed by atoms with Gasteiger partial charge in [0.05, 0.1) is 0 Å². The van der Waals surface area contributed by atoms with Crippen LogP contribution in [-0.2, 0) is 0 Å². The Hall–Kier alpha value is -0.0400. The van der Waals surface area contributed by atoms with Gasteiger partial charge in [-0.2, -0.15) is 0 Å². The molecule has 0 saturated carbocycles. The molecule has 1 N–H and O–H groups in total. The van der Waals surface area contributed by atoms with Crippen molar-refractivity contribution in [3.05, 3.63) is 6.42 Å². The normalized spacial score (nSPS) is 11.1. The van der Waals surface area contributed by atoms with Gasteiger partial charge in [0, 0.05) is 6.61 Å². The molecule has 0 aromatic carbocycles. The Morgan fingerprint density at radius 2 is 0.950 bits per heavy atom. The van der Waals surface area contributed by atoms with Crippen molar-refractivity contribution >= 4 is 0 Å². The first kappa shape index (κ1) is 20.0. The van der Waals surface area contributed by atoms with E-state index in [1.54, 1.807) is 0 Å². The molecule has 0 unspecified atom stereocenters. The molecule has 0 aromatic rings. The van der Waals surface area contributed by atoms with E-state index in [9.17, 15) is 0 Å². The lowest BCUT2D eigenvalue weighted by atomic mass is 10.0. The van der Waals surface area contributed by atoms with Gasteiger partial charge in [-0.25, -0.2) is 0 Å². The number of hydrogen-bond donors (Lipinski definition) is 1. The average Bonchev–Trinajstić information content (AvgIpc) is 2.47. The lowest BCUT2D eigenvalue weighted by Gasteiger charge is -2.03. The molecular formula is C19H39O. The highest BCUT2D eigenvalue weighted by Gasteiger charge is 1.94. The van der Waals surface area contributed by atoms with Gasteiger partial charge in [-0.3, -0.25) is 0 Å².